The molecule has 1 aliphatic carbocycles. The van der Waals surface area contributed by atoms with Crippen LogP contribution in [-0.2, 0) is 6.54 Å². The normalized spacial score (nSPS) is 16.1. The third-order valence-electron chi connectivity index (χ3n) is 3.30. The Hall–Kier alpha value is -0.980. The van der Waals surface area contributed by atoms with Crippen molar-refractivity contribution in [2.45, 2.75) is 26.3 Å². The van der Waals surface area contributed by atoms with Crippen molar-refractivity contribution in [1.82, 2.24) is 5.32 Å². The van der Waals surface area contributed by atoms with E-state index in [1.165, 1.54) is 12.8 Å². The Morgan fingerprint density at radius 1 is 1.50 bits per heavy atom. The lowest BCUT2D eigenvalue weighted by Crippen LogP contribution is -2.21. The zero-order chi connectivity index (χ0) is 13.0. The first-order valence-corrected chi connectivity index (χ1v) is 6.98. The van der Waals surface area contributed by atoms with Gasteiger partial charge in [-0.15, -0.1) is 6.42 Å². The molecule has 1 saturated carbocycles. The summed E-state index contributed by atoms with van der Waals surface area (Å²) in [5.74, 6) is 3.36. The summed E-state index contributed by atoms with van der Waals surface area (Å²) >= 11 is 3.48. The molecule has 18 heavy (non-hydrogen) atoms. The number of nitrogens with one attached hydrogen (secondary N) is 1. The zero-order valence-electron chi connectivity index (χ0n) is 10.6. The maximum Gasteiger partial charge on any atom is 0.148 e. The van der Waals surface area contributed by atoms with Crippen LogP contribution >= 0.6 is 15.9 Å². The van der Waals surface area contributed by atoms with Crippen LogP contribution in [0.4, 0.5) is 0 Å². The Balaban J connectivity index is 1.95. The molecule has 0 aliphatic heterocycles. The third-order valence-corrected chi connectivity index (χ3v) is 3.80. The Bertz CT molecular complexity index is 460. The molecule has 1 aliphatic rings. The van der Waals surface area contributed by atoms with Crippen molar-refractivity contribution in [3.63, 3.8) is 0 Å². The van der Waals surface area contributed by atoms with Gasteiger partial charge in [-0.05, 0) is 36.5 Å². The van der Waals surface area contributed by atoms with E-state index in [-0.39, 0.29) is 0 Å². The number of hydrogen-bond donors (Lipinski definition) is 1. The average Bonchev–Trinajstić information content (AvgIpc) is 3.06. The van der Waals surface area contributed by atoms with E-state index >= 15 is 0 Å². The van der Waals surface area contributed by atoms with E-state index < -0.39 is 0 Å². The summed E-state index contributed by atoms with van der Waals surface area (Å²) in [6.07, 6.45) is 7.89. The topological polar surface area (TPSA) is 21.3 Å². The van der Waals surface area contributed by atoms with Crippen molar-refractivity contribution < 1.29 is 4.74 Å². The van der Waals surface area contributed by atoms with Gasteiger partial charge in [-0.2, -0.15) is 0 Å². The van der Waals surface area contributed by atoms with Gasteiger partial charge in [-0.3, -0.25) is 0 Å². The van der Waals surface area contributed by atoms with Gasteiger partial charge in [0, 0.05) is 23.1 Å². The monoisotopic (exact) mass is 307 g/mol. The fourth-order valence-electron chi connectivity index (χ4n) is 1.84. The van der Waals surface area contributed by atoms with Crippen LogP contribution in [0.3, 0.4) is 0 Å². The largest absolute Gasteiger partial charge is 0.481 e. The molecule has 1 N–H and O–H groups in total. The Morgan fingerprint density at radius 2 is 2.28 bits per heavy atom. The van der Waals surface area contributed by atoms with Crippen LogP contribution in [0.15, 0.2) is 22.7 Å². The van der Waals surface area contributed by atoms with Crippen LogP contribution in [0.25, 0.3) is 0 Å². The van der Waals surface area contributed by atoms with Crippen LogP contribution in [0.1, 0.15) is 25.3 Å². The van der Waals surface area contributed by atoms with E-state index in [0.717, 1.165) is 28.9 Å². The van der Waals surface area contributed by atoms with Crippen LogP contribution in [-0.4, -0.2) is 13.2 Å². The molecule has 0 spiro atoms. The second-order valence-corrected chi connectivity index (χ2v) is 6.07. The minimum Gasteiger partial charge on any atom is -0.481 e. The summed E-state index contributed by atoms with van der Waals surface area (Å²) in [4.78, 5) is 0. The first kappa shape index (κ1) is 13.5. The van der Waals surface area contributed by atoms with E-state index in [0.29, 0.717) is 12.0 Å². The van der Waals surface area contributed by atoms with Gasteiger partial charge in [0.15, 0.2) is 0 Å². The fraction of sp³-hybridized carbons (Fsp3) is 0.467. The lowest BCUT2D eigenvalue weighted by atomic mass is 10.1. The predicted molar refractivity (Wildman–Crippen MR) is 77.5 cm³/mol. The third kappa shape index (κ3) is 3.76. The smallest absolute Gasteiger partial charge is 0.148 e. The van der Waals surface area contributed by atoms with Crippen molar-refractivity contribution in [1.29, 1.82) is 0 Å². The van der Waals surface area contributed by atoms with Crippen molar-refractivity contribution in [3.05, 3.63) is 28.2 Å². The van der Waals surface area contributed by atoms with E-state index in [4.69, 9.17) is 11.2 Å². The molecular weight excluding hydrogens is 290 g/mol. The maximum atomic E-state index is 5.54. The number of hydrogen-bond acceptors (Lipinski definition) is 2. The maximum absolute atomic E-state index is 5.54. The van der Waals surface area contributed by atoms with Crippen LogP contribution < -0.4 is 10.1 Å². The van der Waals surface area contributed by atoms with Crippen LogP contribution in [0, 0.1) is 17.8 Å². The first-order valence-electron chi connectivity index (χ1n) is 6.18. The highest BCUT2D eigenvalue weighted by molar-refractivity contribution is 9.10. The molecule has 0 amide bonds. The van der Waals surface area contributed by atoms with Gasteiger partial charge in [-0.1, -0.05) is 28.8 Å². The lowest BCUT2D eigenvalue weighted by molar-refractivity contribution is 0.363. The SMILES string of the molecule is C#CCOc1ccc(Br)cc1CNCC1(C)CC1. The van der Waals surface area contributed by atoms with Gasteiger partial charge in [0.25, 0.3) is 0 Å². The second-order valence-electron chi connectivity index (χ2n) is 5.16. The molecule has 0 radical (unpaired) electrons. The van der Waals surface area contributed by atoms with Gasteiger partial charge in [0.1, 0.15) is 12.4 Å². The number of benzene rings is 1. The van der Waals surface area contributed by atoms with Gasteiger partial charge >= 0.3 is 0 Å². The number of terminal acetylenes is 1. The lowest BCUT2D eigenvalue weighted by Gasteiger charge is -2.13. The summed E-state index contributed by atoms with van der Waals surface area (Å²) in [6.45, 7) is 4.51. The number of rotatable bonds is 6. The Kier molecular flexibility index (Phi) is 4.31. The molecule has 0 unspecified atom stereocenters. The summed E-state index contributed by atoms with van der Waals surface area (Å²) < 4.78 is 6.60. The van der Waals surface area contributed by atoms with Crippen molar-refractivity contribution in [3.8, 4) is 18.1 Å². The summed E-state index contributed by atoms with van der Waals surface area (Å²) in [5.41, 5.74) is 1.66. The Labute approximate surface area is 117 Å². The fourth-order valence-corrected chi connectivity index (χ4v) is 2.24. The number of halogens is 1. The highest BCUT2D eigenvalue weighted by atomic mass is 79.9. The molecule has 0 aromatic heterocycles. The van der Waals surface area contributed by atoms with Crippen molar-refractivity contribution in [2.75, 3.05) is 13.2 Å². The van der Waals surface area contributed by atoms with E-state index in [2.05, 4.69) is 40.2 Å². The molecule has 96 valence electrons. The van der Waals surface area contributed by atoms with Gasteiger partial charge in [0.2, 0.25) is 0 Å². The van der Waals surface area contributed by atoms with Gasteiger partial charge in [-0.25, -0.2) is 0 Å². The molecule has 0 saturated heterocycles. The molecule has 1 aromatic rings. The molecular formula is C15H18BrNO. The molecule has 1 fully saturated rings. The molecule has 0 bridgehead atoms. The zero-order valence-corrected chi connectivity index (χ0v) is 12.2. The van der Waals surface area contributed by atoms with Crippen molar-refractivity contribution >= 4 is 15.9 Å². The van der Waals surface area contributed by atoms with Crippen LogP contribution in [0.2, 0.25) is 0 Å². The van der Waals surface area contributed by atoms with E-state index in [9.17, 15) is 0 Å². The quantitative estimate of drug-likeness (QED) is 0.814. The van der Waals surface area contributed by atoms with Gasteiger partial charge in [0.05, 0.1) is 0 Å². The molecule has 0 heterocycles. The molecule has 2 rings (SSSR count). The van der Waals surface area contributed by atoms with Gasteiger partial charge < -0.3 is 10.1 Å². The van der Waals surface area contributed by atoms with Crippen molar-refractivity contribution in [2.24, 2.45) is 5.41 Å². The highest BCUT2D eigenvalue weighted by Crippen LogP contribution is 2.44. The molecule has 0 atom stereocenters. The predicted octanol–water partition coefficient (Wildman–Crippen LogP) is 3.35. The second kappa shape index (κ2) is 5.77. The first-order chi connectivity index (χ1) is 8.63. The summed E-state index contributed by atoms with van der Waals surface area (Å²) in [5, 5.41) is 3.50. The summed E-state index contributed by atoms with van der Waals surface area (Å²) in [7, 11) is 0. The van der Waals surface area contributed by atoms with E-state index in [1.807, 2.05) is 12.1 Å². The average molecular weight is 308 g/mol. The van der Waals surface area contributed by atoms with Crippen LogP contribution in [0.5, 0.6) is 5.75 Å². The minimum absolute atomic E-state index is 0.312. The molecule has 1 aromatic carbocycles. The summed E-state index contributed by atoms with van der Waals surface area (Å²) in [6, 6.07) is 6.00. The van der Waals surface area contributed by atoms with E-state index in [1.54, 1.807) is 0 Å². The standard InChI is InChI=1S/C15H18BrNO/c1-3-8-18-14-5-4-13(16)9-12(14)10-17-11-15(2)6-7-15/h1,4-5,9,17H,6-8,10-11H2,2H3. The molecule has 2 nitrogen and oxygen atoms in total. The Morgan fingerprint density at radius 3 is 2.94 bits per heavy atom. The number of ether oxygens (including phenoxy) is 1. The minimum atomic E-state index is 0.312. The molecule has 3 heteroatoms. The highest BCUT2D eigenvalue weighted by Gasteiger charge is 2.36.